The Morgan fingerprint density at radius 2 is 1.48 bits per heavy atom. The van der Waals surface area contributed by atoms with Crippen molar-refractivity contribution in [2.24, 2.45) is 0 Å². The van der Waals surface area contributed by atoms with E-state index in [1.54, 1.807) is 12.1 Å². The molecule has 1 aliphatic carbocycles. The summed E-state index contributed by atoms with van der Waals surface area (Å²) in [6.45, 7) is 12.3. The fourth-order valence-electron chi connectivity index (χ4n) is 2.24. The first-order valence-electron chi connectivity index (χ1n) is 7.94. The summed E-state index contributed by atoms with van der Waals surface area (Å²) in [6, 6.07) is 3.53. The monoisotopic (exact) mass is 318 g/mol. The highest BCUT2D eigenvalue weighted by molar-refractivity contribution is 5.99. The van der Waals surface area contributed by atoms with E-state index in [1.807, 2.05) is 41.5 Å². The number of nitrogens with zero attached hydrogens (tertiary/aromatic N) is 1. The van der Waals surface area contributed by atoms with Crippen LogP contribution in [0.3, 0.4) is 0 Å². The number of hydrogen-bond donors (Lipinski definition) is 2. The highest BCUT2D eigenvalue weighted by Crippen LogP contribution is 2.36. The number of aromatic nitrogens is 1. The van der Waals surface area contributed by atoms with E-state index >= 15 is 0 Å². The molecule has 2 N–H and O–H groups in total. The zero-order valence-corrected chi connectivity index (χ0v) is 14.8. The second-order valence-corrected chi connectivity index (χ2v) is 8.47. The van der Waals surface area contributed by atoms with Crippen LogP contribution in [-0.2, 0) is 15.6 Å². The molecule has 1 aliphatic rings. The molecule has 1 fully saturated rings. The molecule has 5 nitrogen and oxygen atoms in total. The SMILES string of the molecule is CC(C)(C)c1cc(C(=O)NC2(C(=O)O)CC2)cc(C(C)(C)C)n1. The van der Waals surface area contributed by atoms with Gasteiger partial charge < -0.3 is 10.4 Å². The zero-order valence-electron chi connectivity index (χ0n) is 14.8. The van der Waals surface area contributed by atoms with Gasteiger partial charge in [0.15, 0.2) is 0 Å². The summed E-state index contributed by atoms with van der Waals surface area (Å²) in [5.74, 6) is -1.31. The van der Waals surface area contributed by atoms with Crippen molar-refractivity contribution in [2.75, 3.05) is 0 Å². The summed E-state index contributed by atoms with van der Waals surface area (Å²) in [6.07, 6.45) is 0.967. The van der Waals surface area contributed by atoms with Crippen molar-refractivity contribution in [3.63, 3.8) is 0 Å². The number of carbonyl (C=O) groups excluding carboxylic acids is 1. The van der Waals surface area contributed by atoms with E-state index in [0.29, 0.717) is 18.4 Å². The number of amides is 1. The van der Waals surface area contributed by atoms with E-state index < -0.39 is 11.5 Å². The van der Waals surface area contributed by atoms with Crippen LogP contribution >= 0.6 is 0 Å². The van der Waals surface area contributed by atoms with Crippen LogP contribution < -0.4 is 5.32 Å². The van der Waals surface area contributed by atoms with Gasteiger partial charge in [0.25, 0.3) is 5.91 Å². The molecule has 126 valence electrons. The van der Waals surface area contributed by atoms with Crippen LogP contribution in [0.1, 0.15) is 76.1 Å². The van der Waals surface area contributed by atoms with Crippen LogP contribution in [0.15, 0.2) is 12.1 Å². The molecular weight excluding hydrogens is 292 g/mol. The van der Waals surface area contributed by atoms with Gasteiger partial charge in [-0.2, -0.15) is 0 Å². The van der Waals surface area contributed by atoms with Crippen LogP contribution in [0.2, 0.25) is 0 Å². The Balaban J connectivity index is 2.41. The summed E-state index contributed by atoms with van der Waals surface area (Å²) >= 11 is 0. The van der Waals surface area contributed by atoms with Gasteiger partial charge >= 0.3 is 5.97 Å². The first-order chi connectivity index (χ1) is 10.3. The molecule has 0 saturated heterocycles. The average Bonchev–Trinajstić information content (AvgIpc) is 3.17. The number of rotatable bonds is 3. The zero-order chi connectivity index (χ0) is 17.6. The van der Waals surface area contributed by atoms with Crippen molar-refractivity contribution < 1.29 is 14.7 Å². The molecule has 1 saturated carbocycles. The van der Waals surface area contributed by atoms with Crippen LogP contribution in [0.4, 0.5) is 0 Å². The third kappa shape index (κ3) is 3.71. The van der Waals surface area contributed by atoms with Gasteiger partial charge in [0.05, 0.1) is 0 Å². The number of aliphatic carboxylic acids is 1. The van der Waals surface area contributed by atoms with E-state index in [0.717, 1.165) is 11.4 Å². The number of hydrogen-bond acceptors (Lipinski definition) is 3. The molecule has 0 spiro atoms. The fraction of sp³-hybridized carbons (Fsp3) is 0.611. The molecular formula is C18H26N2O3. The number of carboxylic acids is 1. The molecule has 5 heteroatoms. The standard InChI is InChI=1S/C18H26N2O3/c1-16(2,3)12-9-11(10-13(19-12)17(4,5)6)14(21)20-18(7-8-18)15(22)23/h9-10H,7-8H2,1-6H3,(H,20,21)(H,22,23). The normalized spacial score (nSPS) is 16.8. The Kier molecular flexibility index (Phi) is 4.04. The van der Waals surface area contributed by atoms with Crippen molar-refractivity contribution in [1.82, 2.24) is 10.3 Å². The molecule has 0 aromatic carbocycles. The van der Waals surface area contributed by atoms with Crippen LogP contribution in [0.25, 0.3) is 0 Å². The largest absolute Gasteiger partial charge is 0.480 e. The van der Waals surface area contributed by atoms with Crippen molar-refractivity contribution in [3.8, 4) is 0 Å². The topological polar surface area (TPSA) is 79.3 Å². The Hall–Kier alpha value is -1.91. The lowest BCUT2D eigenvalue weighted by Crippen LogP contribution is -2.43. The van der Waals surface area contributed by atoms with Gasteiger partial charge in [0.1, 0.15) is 5.54 Å². The second kappa shape index (κ2) is 5.32. The average molecular weight is 318 g/mol. The minimum Gasteiger partial charge on any atom is -0.480 e. The Labute approximate surface area is 137 Å². The molecule has 1 aromatic rings. The minimum atomic E-state index is -1.08. The molecule has 0 bridgehead atoms. The maximum absolute atomic E-state index is 12.6. The molecule has 0 atom stereocenters. The third-order valence-corrected chi connectivity index (χ3v) is 4.14. The van der Waals surface area contributed by atoms with Gasteiger partial charge in [-0.3, -0.25) is 9.78 Å². The second-order valence-electron chi connectivity index (χ2n) is 8.47. The third-order valence-electron chi connectivity index (χ3n) is 4.14. The minimum absolute atomic E-state index is 0.194. The predicted octanol–water partition coefficient (Wildman–Crippen LogP) is 3.02. The van der Waals surface area contributed by atoms with Gasteiger partial charge in [-0.05, 0) is 25.0 Å². The lowest BCUT2D eigenvalue weighted by molar-refractivity contribution is -0.140. The van der Waals surface area contributed by atoms with Crippen LogP contribution in [0.5, 0.6) is 0 Å². The molecule has 0 unspecified atom stereocenters. The first kappa shape index (κ1) is 17.4. The fourth-order valence-corrected chi connectivity index (χ4v) is 2.24. The maximum Gasteiger partial charge on any atom is 0.329 e. The molecule has 1 aromatic heterocycles. The number of pyridine rings is 1. The van der Waals surface area contributed by atoms with Crippen molar-refractivity contribution in [2.45, 2.75) is 70.8 Å². The number of nitrogens with one attached hydrogen (secondary N) is 1. The van der Waals surface area contributed by atoms with Crippen molar-refractivity contribution in [3.05, 3.63) is 29.1 Å². The lowest BCUT2D eigenvalue weighted by atomic mass is 9.86. The molecule has 1 amide bonds. The Bertz CT molecular complexity index is 615. The van der Waals surface area contributed by atoms with Gasteiger partial charge in [0, 0.05) is 27.8 Å². The van der Waals surface area contributed by atoms with Crippen molar-refractivity contribution in [1.29, 1.82) is 0 Å². The molecule has 1 heterocycles. The van der Waals surface area contributed by atoms with E-state index in [2.05, 4.69) is 5.32 Å². The summed E-state index contributed by atoms with van der Waals surface area (Å²) < 4.78 is 0. The van der Waals surface area contributed by atoms with Gasteiger partial charge in [-0.25, -0.2) is 4.79 Å². The lowest BCUT2D eigenvalue weighted by Gasteiger charge is -2.25. The Morgan fingerprint density at radius 3 is 1.78 bits per heavy atom. The smallest absolute Gasteiger partial charge is 0.329 e. The Morgan fingerprint density at radius 1 is 1.04 bits per heavy atom. The molecule has 2 rings (SSSR count). The quantitative estimate of drug-likeness (QED) is 0.898. The molecule has 23 heavy (non-hydrogen) atoms. The highest BCUT2D eigenvalue weighted by Gasteiger charge is 2.51. The number of carboxylic acid groups (broad SMARTS) is 1. The van der Waals surface area contributed by atoms with Gasteiger partial charge in [0.2, 0.25) is 0 Å². The van der Waals surface area contributed by atoms with E-state index in [4.69, 9.17) is 4.98 Å². The van der Waals surface area contributed by atoms with E-state index in [9.17, 15) is 14.7 Å². The van der Waals surface area contributed by atoms with Crippen molar-refractivity contribution >= 4 is 11.9 Å². The van der Waals surface area contributed by atoms with Gasteiger partial charge in [-0.1, -0.05) is 41.5 Å². The summed E-state index contributed by atoms with van der Waals surface area (Å²) in [4.78, 5) is 28.5. The van der Waals surface area contributed by atoms with Crippen LogP contribution in [0, 0.1) is 0 Å². The first-order valence-corrected chi connectivity index (χ1v) is 7.94. The summed E-state index contributed by atoms with van der Waals surface area (Å²) in [5, 5.41) is 11.9. The predicted molar refractivity (Wildman–Crippen MR) is 88.7 cm³/mol. The number of carbonyl (C=O) groups is 2. The van der Waals surface area contributed by atoms with Crippen LogP contribution in [-0.4, -0.2) is 27.5 Å². The molecule has 0 radical (unpaired) electrons. The van der Waals surface area contributed by atoms with E-state index in [-0.39, 0.29) is 16.7 Å². The van der Waals surface area contributed by atoms with Gasteiger partial charge in [-0.15, -0.1) is 0 Å². The summed E-state index contributed by atoms with van der Waals surface area (Å²) in [7, 11) is 0. The highest BCUT2D eigenvalue weighted by atomic mass is 16.4. The maximum atomic E-state index is 12.6. The van der Waals surface area contributed by atoms with E-state index in [1.165, 1.54) is 0 Å². The molecule has 0 aliphatic heterocycles. The summed E-state index contributed by atoms with van der Waals surface area (Å²) in [5.41, 5.74) is 0.665.